The molecule has 2 aromatic carbocycles. The Morgan fingerprint density at radius 1 is 1.16 bits per heavy atom. The van der Waals surface area contributed by atoms with Crippen LogP contribution in [0.3, 0.4) is 0 Å². The van der Waals surface area contributed by atoms with Crippen LogP contribution in [0.25, 0.3) is 10.9 Å². The van der Waals surface area contributed by atoms with Gasteiger partial charge in [-0.2, -0.15) is 5.26 Å². The summed E-state index contributed by atoms with van der Waals surface area (Å²) in [4.78, 5) is 45.7. The number of fused-ring (bicyclic) bond motifs is 1. The number of esters is 1. The highest BCUT2D eigenvalue weighted by Gasteiger charge is 2.25. The lowest BCUT2D eigenvalue weighted by atomic mass is 10.2. The predicted molar refractivity (Wildman–Crippen MR) is 115 cm³/mol. The van der Waals surface area contributed by atoms with Crippen LogP contribution in [0.15, 0.2) is 59.4 Å². The van der Waals surface area contributed by atoms with Crippen molar-refractivity contribution < 1.29 is 14.3 Å². The molecule has 0 saturated carbocycles. The molecule has 8 heteroatoms. The third-order valence-electron chi connectivity index (χ3n) is 4.66. The van der Waals surface area contributed by atoms with Gasteiger partial charge in [0.25, 0.3) is 11.5 Å². The number of nitrogens with one attached hydrogen (secondary N) is 1. The number of aromatic amines is 1. The van der Waals surface area contributed by atoms with Gasteiger partial charge in [-0.3, -0.25) is 14.4 Å². The molecule has 8 nitrogen and oxygen atoms in total. The van der Waals surface area contributed by atoms with Gasteiger partial charge >= 0.3 is 5.97 Å². The summed E-state index contributed by atoms with van der Waals surface area (Å²) in [5.41, 5.74) is 0.909. The van der Waals surface area contributed by atoms with Crippen LogP contribution in [0.2, 0.25) is 0 Å². The fourth-order valence-electron chi connectivity index (χ4n) is 3.14. The standard InChI is InChI=1S/C23H22N4O4/c1-16(23(30)27(15-7-14-24)17-8-3-2-4-9-17)31-21(28)13-12-20-25-19-11-6-5-10-18(19)22(29)26-20/h2-6,8-11,16H,7,12-13,15H2,1H3,(H,25,26,29)/t16-/m0/s1. The van der Waals surface area contributed by atoms with E-state index in [0.29, 0.717) is 22.4 Å². The first-order chi connectivity index (χ1) is 15.0. The third kappa shape index (κ3) is 5.54. The SMILES string of the molecule is C[C@H](OC(=O)CCc1nc2ccccc2c(=O)[nH]1)C(=O)N(CCC#N)c1ccccc1. The van der Waals surface area contributed by atoms with Gasteiger partial charge in [0.2, 0.25) is 0 Å². The number of anilines is 1. The van der Waals surface area contributed by atoms with E-state index in [9.17, 15) is 14.4 Å². The van der Waals surface area contributed by atoms with Gasteiger partial charge in [-0.05, 0) is 31.2 Å². The molecule has 1 heterocycles. The van der Waals surface area contributed by atoms with E-state index in [2.05, 4.69) is 9.97 Å². The molecule has 0 unspecified atom stereocenters. The summed E-state index contributed by atoms with van der Waals surface area (Å²) in [6.07, 6.45) is -0.725. The van der Waals surface area contributed by atoms with E-state index < -0.39 is 18.0 Å². The second-order valence-corrected chi connectivity index (χ2v) is 6.90. The zero-order valence-electron chi connectivity index (χ0n) is 17.1. The summed E-state index contributed by atoms with van der Waals surface area (Å²) in [5.74, 6) is -0.614. The maximum Gasteiger partial charge on any atom is 0.307 e. The lowest BCUT2D eigenvalue weighted by molar-refractivity contribution is -0.153. The molecule has 31 heavy (non-hydrogen) atoms. The number of nitriles is 1. The summed E-state index contributed by atoms with van der Waals surface area (Å²) in [6, 6.07) is 17.9. The van der Waals surface area contributed by atoms with Gasteiger partial charge in [-0.25, -0.2) is 4.98 Å². The Kier molecular flexibility index (Phi) is 7.12. The van der Waals surface area contributed by atoms with Crippen LogP contribution < -0.4 is 10.5 Å². The fraction of sp³-hybridized carbons (Fsp3) is 0.261. The molecular weight excluding hydrogens is 396 g/mol. The summed E-state index contributed by atoms with van der Waals surface area (Å²) in [7, 11) is 0. The van der Waals surface area contributed by atoms with E-state index in [0.717, 1.165) is 0 Å². The molecule has 0 saturated heterocycles. The summed E-state index contributed by atoms with van der Waals surface area (Å²) in [6.45, 7) is 1.70. The van der Waals surface area contributed by atoms with Crippen molar-refractivity contribution in [2.45, 2.75) is 32.3 Å². The Bertz CT molecular complexity index is 1170. The second-order valence-electron chi connectivity index (χ2n) is 6.90. The van der Waals surface area contributed by atoms with Gasteiger partial charge in [-0.1, -0.05) is 30.3 Å². The third-order valence-corrected chi connectivity index (χ3v) is 4.66. The van der Waals surface area contributed by atoms with Gasteiger partial charge in [0.05, 0.1) is 29.8 Å². The Labute approximate surface area is 179 Å². The number of para-hydroxylation sites is 2. The van der Waals surface area contributed by atoms with Crippen LogP contribution in [-0.2, 0) is 20.7 Å². The Balaban J connectivity index is 1.62. The van der Waals surface area contributed by atoms with Gasteiger partial charge in [0, 0.05) is 18.7 Å². The number of benzene rings is 2. The highest BCUT2D eigenvalue weighted by molar-refractivity contribution is 5.97. The maximum absolute atomic E-state index is 12.8. The zero-order valence-corrected chi connectivity index (χ0v) is 17.1. The van der Waals surface area contributed by atoms with E-state index in [4.69, 9.17) is 10.00 Å². The van der Waals surface area contributed by atoms with Crippen molar-refractivity contribution in [2.24, 2.45) is 0 Å². The van der Waals surface area contributed by atoms with Gasteiger partial charge in [0.1, 0.15) is 5.82 Å². The monoisotopic (exact) mass is 418 g/mol. The number of nitrogens with zero attached hydrogens (tertiary/aromatic N) is 3. The molecule has 1 atom stereocenters. The average Bonchev–Trinajstić information content (AvgIpc) is 2.78. The quantitative estimate of drug-likeness (QED) is 0.562. The maximum atomic E-state index is 12.8. The van der Waals surface area contributed by atoms with E-state index in [-0.39, 0.29) is 31.4 Å². The van der Waals surface area contributed by atoms with E-state index in [1.54, 1.807) is 48.5 Å². The van der Waals surface area contributed by atoms with Crippen LogP contribution in [-0.4, -0.2) is 34.5 Å². The van der Waals surface area contributed by atoms with Crippen molar-refractivity contribution in [3.8, 4) is 6.07 Å². The molecule has 0 aliphatic carbocycles. The van der Waals surface area contributed by atoms with E-state index in [1.165, 1.54) is 11.8 Å². The molecule has 1 aromatic heterocycles. The first kappa shape index (κ1) is 21.7. The van der Waals surface area contributed by atoms with Crippen molar-refractivity contribution in [1.82, 2.24) is 9.97 Å². The van der Waals surface area contributed by atoms with Gasteiger partial charge < -0.3 is 14.6 Å². The Morgan fingerprint density at radius 2 is 1.87 bits per heavy atom. The molecule has 1 N–H and O–H groups in total. The molecule has 158 valence electrons. The van der Waals surface area contributed by atoms with Crippen molar-refractivity contribution in [3.63, 3.8) is 0 Å². The molecule has 0 aliphatic rings. The number of carbonyl (C=O) groups is 2. The summed E-state index contributed by atoms with van der Waals surface area (Å²) in [5, 5.41) is 9.37. The van der Waals surface area contributed by atoms with Crippen molar-refractivity contribution in [1.29, 1.82) is 5.26 Å². The first-order valence-electron chi connectivity index (χ1n) is 9.90. The van der Waals surface area contributed by atoms with E-state index in [1.807, 2.05) is 12.1 Å². The number of rotatable bonds is 8. The first-order valence-corrected chi connectivity index (χ1v) is 9.90. The van der Waals surface area contributed by atoms with Crippen LogP contribution in [0.1, 0.15) is 25.6 Å². The number of aryl methyl sites for hydroxylation is 1. The Hall–Kier alpha value is -3.99. The number of hydrogen-bond donors (Lipinski definition) is 1. The highest BCUT2D eigenvalue weighted by Crippen LogP contribution is 2.16. The normalized spacial score (nSPS) is 11.5. The molecular formula is C23H22N4O4. The van der Waals surface area contributed by atoms with Gasteiger partial charge in [0.15, 0.2) is 6.10 Å². The lowest BCUT2D eigenvalue weighted by Crippen LogP contribution is -2.40. The smallest absolute Gasteiger partial charge is 0.307 e. The molecule has 0 aliphatic heterocycles. The van der Waals surface area contributed by atoms with Crippen molar-refractivity contribution in [2.75, 3.05) is 11.4 Å². The Morgan fingerprint density at radius 3 is 2.61 bits per heavy atom. The largest absolute Gasteiger partial charge is 0.453 e. The van der Waals surface area contributed by atoms with Crippen molar-refractivity contribution in [3.05, 3.63) is 70.8 Å². The molecule has 0 bridgehead atoms. The van der Waals surface area contributed by atoms with Crippen LogP contribution >= 0.6 is 0 Å². The second kappa shape index (κ2) is 10.2. The number of hydrogen-bond acceptors (Lipinski definition) is 6. The van der Waals surface area contributed by atoms with Crippen LogP contribution in [0, 0.1) is 11.3 Å². The minimum Gasteiger partial charge on any atom is -0.453 e. The molecule has 0 spiro atoms. The molecule has 1 amide bonds. The number of ether oxygens (including phenoxy) is 1. The molecule has 0 fully saturated rings. The number of H-pyrrole nitrogens is 1. The number of aromatic nitrogens is 2. The summed E-state index contributed by atoms with van der Waals surface area (Å²) < 4.78 is 5.30. The molecule has 3 rings (SSSR count). The number of carbonyl (C=O) groups excluding carboxylic acids is 2. The minimum atomic E-state index is -1.02. The number of amides is 1. The van der Waals surface area contributed by atoms with Crippen molar-refractivity contribution >= 4 is 28.5 Å². The lowest BCUT2D eigenvalue weighted by Gasteiger charge is -2.25. The highest BCUT2D eigenvalue weighted by atomic mass is 16.5. The van der Waals surface area contributed by atoms with Gasteiger partial charge in [-0.15, -0.1) is 0 Å². The predicted octanol–water partition coefficient (Wildman–Crippen LogP) is 2.73. The topological polar surface area (TPSA) is 116 Å². The zero-order chi connectivity index (χ0) is 22.2. The fourth-order valence-corrected chi connectivity index (χ4v) is 3.14. The molecule has 3 aromatic rings. The summed E-state index contributed by atoms with van der Waals surface area (Å²) >= 11 is 0. The minimum absolute atomic E-state index is 0.0393. The van der Waals surface area contributed by atoms with Crippen LogP contribution in [0.5, 0.6) is 0 Å². The van der Waals surface area contributed by atoms with Crippen LogP contribution in [0.4, 0.5) is 5.69 Å². The van der Waals surface area contributed by atoms with E-state index >= 15 is 0 Å². The molecule has 0 radical (unpaired) electrons. The average molecular weight is 418 g/mol.